The molecule has 0 bridgehead atoms. The van der Waals surface area contributed by atoms with Crippen LogP contribution < -0.4 is 0 Å². The van der Waals surface area contributed by atoms with Crippen molar-refractivity contribution in [2.24, 2.45) is 0 Å². The first-order valence-corrected chi connectivity index (χ1v) is 6.28. The van der Waals surface area contributed by atoms with Crippen molar-refractivity contribution in [1.29, 1.82) is 5.26 Å². The van der Waals surface area contributed by atoms with Crippen LogP contribution in [0.2, 0.25) is 0 Å². The van der Waals surface area contributed by atoms with Crippen molar-refractivity contribution >= 4 is 11.0 Å². The van der Waals surface area contributed by atoms with Crippen LogP contribution in [0.25, 0.3) is 11.0 Å². The maximum absolute atomic E-state index is 8.87. The fourth-order valence-electron chi connectivity index (χ4n) is 2.16. The number of aryl methyl sites for hydroxylation is 2. The van der Waals surface area contributed by atoms with E-state index >= 15 is 0 Å². The number of benzene rings is 2. The van der Waals surface area contributed by atoms with E-state index in [9.17, 15) is 0 Å². The lowest BCUT2D eigenvalue weighted by Crippen LogP contribution is -1.92. The molecule has 2 aromatic carbocycles. The van der Waals surface area contributed by atoms with E-state index in [0.29, 0.717) is 5.56 Å². The Morgan fingerprint density at radius 3 is 2.68 bits per heavy atom. The van der Waals surface area contributed by atoms with Gasteiger partial charge in [-0.3, -0.25) is 0 Å². The van der Waals surface area contributed by atoms with Gasteiger partial charge in [-0.1, -0.05) is 30.3 Å². The Morgan fingerprint density at radius 2 is 1.89 bits per heavy atom. The lowest BCUT2D eigenvalue weighted by molar-refractivity contribution is 0.890. The van der Waals surface area contributed by atoms with Gasteiger partial charge in [0.2, 0.25) is 0 Å². The summed E-state index contributed by atoms with van der Waals surface area (Å²) in [7, 11) is 0. The Balaban J connectivity index is 1.80. The number of aromatic nitrogens is 2. The largest absolute Gasteiger partial charge is 0.342 e. The quantitative estimate of drug-likeness (QED) is 0.772. The molecule has 1 aromatic heterocycles. The highest BCUT2D eigenvalue weighted by atomic mass is 14.9. The molecule has 0 aliphatic heterocycles. The van der Waals surface area contributed by atoms with E-state index in [4.69, 9.17) is 5.26 Å². The van der Waals surface area contributed by atoms with Gasteiger partial charge in [0, 0.05) is 6.42 Å². The third kappa shape index (κ3) is 2.48. The summed E-state index contributed by atoms with van der Waals surface area (Å²) in [5.74, 6) is 0.967. The van der Waals surface area contributed by atoms with Crippen molar-refractivity contribution < 1.29 is 0 Å². The monoisotopic (exact) mass is 247 g/mol. The molecule has 0 unspecified atom stereocenters. The number of aromatic amines is 1. The molecule has 0 aliphatic rings. The molecule has 3 rings (SSSR count). The Bertz CT molecular complexity index is 736. The van der Waals surface area contributed by atoms with E-state index in [-0.39, 0.29) is 0 Å². The Morgan fingerprint density at radius 1 is 1.05 bits per heavy atom. The molecule has 0 aliphatic carbocycles. The molecule has 0 saturated carbocycles. The van der Waals surface area contributed by atoms with Crippen molar-refractivity contribution in [3.63, 3.8) is 0 Å². The normalized spacial score (nSPS) is 10.5. The molecule has 0 saturated heterocycles. The number of fused-ring (bicyclic) bond motifs is 1. The van der Waals surface area contributed by atoms with Gasteiger partial charge in [-0.05, 0) is 30.2 Å². The smallest absolute Gasteiger partial charge is 0.107 e. The lowest BCUT2D eigenvalue weighted by Gasteiger charge is -1.97. The van der Waals surface area contributed by atoms with Gasteiger partial charge in [-0.25, -0.2) is 4.98 Å². The molecular weight excluding hydrogens is 234 g/mol. The summed E-state index contributed by atoms with van der Waals surface area (Å²) in [6.45, 7) is 0. The van der Waals surface area contributed by atoms with Crippen LogP contribution in [-0.2, 0) is 12.8 Å². The molecule has 0 radical (unpaired) electrons. The molecule has 0 spiro atoms. The molecular formula is C16H13N3. The molecule has 3 heteroatoms. The van der Waals surface area contributed by atoms with Gasteiger partial charge >= 0.3 is 0 Å². The van der Waals surface area contributed by atoms with Crippen molar-refractivity contribution in [2.45, 2.75) is 12.8 Å². The molecule has 19 heavy (non-hydrogen) atoms. The minimum atomic E-state index is 0.658. The van der Waals surface area contributed by atoms with Gasteiger partial charge in [0.25, 0.3) is 0 Å². The van der Waals surface area contributed by atoms with Crippen molar-refractivity contribution in [2.75, 3.05) is 0 Å². The van der Waals surface area contributed by atoms with E-state index in [1.807, 2.05) is 30.3 Å². The molecule has 92 valence electrons. The van der Waals surface area contributed by atoms with Crippen molar-refractivity contribution in [3.8, 4) is 6.07 Å². The number of nitriles is 1. The van der Waals surface area contributed by atoms with E-state index in [0.717, 1.165) is 29.7 Å². The zero-order valence-corrected chi connectivity index (χ0v) is 10.4. The number of H-pyrrole nitrogens is 1. The molecule has 0 amide bonds. The predicted molar refractivity (Wildman–Crippen MR) is 74.7 cm³/mol. The third-order valence-corrected chi connectivity index (χ3v) is 3.15. The number of rotatable bonds is 3. The van der Waals surface area contributed by atoms with Crippen LogP contribution in [-0.4, -0.2) is 9.97 Å². The number of nitrogens with one attached hydrogen (secondary N) is 1. The number of imidazole rings is 1. The summed E-state index contributed by atoms with van der Waals surface area (Å²) >= 11 is 0. The van der Waals surface area contributed by atoms with Gasteiger partial charge in [0.1, 0.15) is 5.82 Å². The van der Waals surface area contributed by atoms with Crippen LogP contribution >= 0.6 is 0 Å². The summed E-state index contributed by atoms with van der Waals surface area (Å²) in [6, 6.07) is 18.0. The standard InChI is InChI=1S/C16H13N3/c17-11-13-6-8-14-15(10-13)19-16(18-14)9-7-12-4-2-1-3-5-12/h1-6,8,10H,7,9H2,(H,18,19). The van der Waals surface area contributed by atoms with Gasteiger partial charge < -0.3 is 4.98 Å². The molecule has 1 heterocycles. The second kappa shape index (κ2) is 4.95. The van der Waals surface area contributed by atoms with Crippen LogP contribution in [0.3, 0.4) is 0 Å². The average Bonchev–Trinajstić information content (AvgIpc) is 2.88. The maximum Gasteiger partial charge on any atom is 0.107 e. The van der Waals surface area contributed by atoms with Gasteiger partial charge in [0.15, 0.2) is 0 Å². The van der Waals surface area contributed by atoms with Gasteiger partial charge in [-0.15, -0.1) is 0 Å². The average molecular weight is 247 g/mol. The first-order chi connectivity index (χ1) is 9.35. The molecule has 0 fully saturated rings. The summed E-state index contributed by atoms with van der Waals surface area (Å²) in [5, 5.41) is 8.87. The Hall–Kier alpha value is -2.60. The molecule has 3 nitrogen and oxygen atoms in total. The van der Waals surface area contributed by atoms with E-state index < -0.39 is 0 Å². The first kappa shape index (κ1) is 11.5. The van der Waals surface area contributed by atoms with E-state index in [1.165, 1.54) is 5.56 Å². The van der Waals surface area contributed by atoms with E-state index in [2.05, 4.69) is 28.2 Å². The molecule has 1 N–H and O–H groups in total. The number of hydrogen-bond acceptors (Lipinski definition) is 2. The summed E-state index contributed by atoms with van der Waals surface area (Å²) in [6.07, 6.45) is 1.84. The predicted octanol–water partition coefficient (Wildman–Crippen LogP) is 3.22. The lowest BCUT2D eigenvalue weighted by atomic mass is 10.1. The highest BCUT2D eigenvalue weighted by Crippen LogP contribution is 2.14. The number of nitrogens with zero attached hydrogens (tertiary/aromatic N) is 2. The van der Waals surface area contributed by atoms with Crippen molar-refractivity contribution in [3.05, 3.63) is 65.5 Å². The summed E-state index contributed by atoms with van der Waals surface area (Å²) in [4.78, 5) is 7.82. The zero-order chi connectivity index (χ0) is 13.1. The second-order valence-electron chi connectivity index (χ2n) is 4.51. The fraction of sp³-hybridized carbons (Fsp3) is 0.125. The number of hydrogen-bond donors (Lipinski definition) is 1. The zero-order valence-electron chi connectivity index (χ0n) is 10.4. The SMILES string of the molecule is N#Cc1ccc2nc(CCc3ccccc3)[nH]c2c1. The van der Waals surface area contributed by atoms with Gasteiger partial charge in [-0.2, -0.15) is 5.26 Å². The molecule has 0 atom stereocenters. The second-order valence-corrected chi connectivity index (χ2v) is 4.51. The summed E-state index contributed by atoms with van der Waals surface area (Å²) < 4.78 is 0. The van der Waals surface area contributed by atoms with Crippen LogP contribution in [0.4, 0.5) is 0 Å². The molecule has 3 aromatic rings. The summed E-state index contributed by atoms with van der Waals surface area (Å²) in [5.41, 5.74) is 3.82. The highest BCUT2D eigenvalue weighted by Gasteiger charge is 2.04. The first-order valence-electron chi connectivity index (χ1n) is 6.28. The minimum Gasteiger partial charge on any atom is -0.342 e. The van der Waals surface area contributed by atoms with E-state index in [1.54, 1.807) is 6.07 Å². The van der Waals surface area contributed by atoms with Crippen LogP contribution in [0.1, 0.15) is 17.0 Å². The van der Waals surface area contributed by atoms with Gasteiger partial charge in [0.05, 0.1) is 22.7 Å². The Labute approximate surface area is 111 Å². The third-order valence-electron chi connectivity index (χ3n) is 3.15. The van der Waals surface area contributed by atoms with Crippen LogP contribution in [0.15, 0.2) is 48.5 Å². The fourth-order valence-corrected chi connectivity index (χ4v) is 2.16. The minimum absolute atomic E-state index is 0.658. The Kier molecular flexibility index (Phi) is 2.99. The van der Waals surface area contributed by atoms with Crippen LogP contribution in [0, 0.1) is 11.3 Å². The van der Waals surface area contributed by atoms with Crippen molar-refractivity contribution in [1.82, 2.24) is 9.97 Å². The topological polar surface area (TPSA) is 52.5 Å². The highest BCUT2D eigenvalue weighted by molar-refractivity contribution is 5.76. The van der Waals surface area contributed by atoms with Crippen LogP contribution in [0.5, 0.6) is 0 Å². The maximum atomic E-state index is 8.87.